The molecule has 3 rings (SSSR count). The molecule has 0 spiro atoms. The summed E-state index contributed by atoms with van der Waals surface area (Å²) in [5, 5.41) is 0.0868. The summed E-state index contributed by atoms with van der Waals surface area (Å²) in [5.41, 5.74) is 8.75. The number of benzene rings is 2. The number of halogens is 2. The van der Waals surface area contributed by atoms with Gasteiger partial charge in [-0.3, -0.25) is 0 Å². The number of para-hydroxylation sites is 2. The van der Waals surface area contributed by atoms with Crippen LogP contribution in [-0.2, 0) is 13.5 Å². The van der Waals surface area contributed by atoms with Gasteiger partial charge in [0.25, 0.3) is 0 Å². The summed E-state index contributed by atoms with van der Waals surface area (Å²) in [6, 6.07) is 12.2. The highest BCUT2D eigenvalue weighted by molar-refractivity contribution is 6.31. The number of imidazole rings is 1. The number of nitrogens with two attached hydrogens (primary N) is 1. The van der Waals surface area contributed by atoms with Crippen LogP contribution in [0.25, 0.3) is 11.0 Å². The smallest absolute Gasteiger partial charge is 0.142 e. The summed E-state index contributed by atoms with van der Waals surface area (Å²) in [4.78, 5) is 4.58. The molecule has 2 N–H and O–H groups in total. The van der Waals surface area contributed by atoms with Gasteiger partial charge in [-0.2, -0.15) is 0 Å². The molecular formula is C16H15ClFN3. The molecule has 3 aromatic rings. The first kappa shape index (κ1) is 14.0. The zero-order valence-electron chi connectivity index (χ0n) is 11.6. The van der Waals surface area contributed by atoms with E-state index in [-0.39, 0.29) is 5.02 Å². The zero-order valence-corrected chi connectivity index (χ0v) is 12.3. The lowest BCUT2D eigenvalue weighted by Gasteiger charge is -2.14. The van der Waals surface area contributed by atoms with Gasteiger partial charge < -0.3 is 10.3 Å². The number of fused-ring (bicyclic) bond motifs is 1. The molecule has 0 aliphatic carbocycles. The van der Waals surface area contributed by atoms with Gasteiger partial charge in [0.05, 0.1) is 16.1 Å². The first-order chi connectivity index (χ1) is 10.1. The second-order valence-electron chi connectivity index (χ2n) is 5.03. The predicted octanol–water partition coefficient (Wildman–Crippen LogP) is 3.61. The summed E-state index contributed by atoms with van der Waals surface area (Å²) in [7, 11) is 1.95. The van der Waals surface area contributed by atoms with E-state index in [9.17, 15) is 4.39 Å². The van der Waals surface area contributed by atoms with Crippen LogP contribution in [-0.4, -0.2) is 9.55 Å². The fourth-order valence-electron chi connectivity index (χ4n) is 2.49. The lowest BCUT2D eigenvalue weighted by atomic mass is 10.0. The largest absolute Gasteiger partial charge is 0.331 e. The average molecular weight is 304 g/mol. The molecule has 1 atom stereocenters. The highest BCUT2D eigenvalue weighted by atomic mass is 35.5. The van der Waals surface area contributed by atoms with Gasteiger partial charge in [-0.1, -0.05) is 35.9 Å². The summed E-state index contributed by atoms with van der Waals surface area (Å²) in [5.74, 6) is 0.402. The lowest BCUT2D eigenvalue weighted by molar-refractivity contribution is 0.614. The van der Waals surface area contributed by atoms with Crippen LogP contribution in [0, 0.1) is 5.82 Å². The summed E-state index contributed by atoms with van der Waals surface area (Å²) >= 11 is 5.99. The van der Waals surface area contributed by atoms with Crippen molar-refractivity contribution in [2.24, 2.45) is 12.8 Å². The number of rotatable bonds is 3. The molecule has 5 heteroatoms. The van der Waals surface area contributed by atoms with Gasteiger partial charge >= 0.3 is 0 Å². The van der Waals surface area contributed by atoms with Crippen molar-refractivity contribution in [3.8, 4) is 0 Å². The molecule has 0 saturated carbocycles. The molecule has 2 aromatic carbocycles. The molecule has 0 amide bonds. The van der Waals surface area contributed by atoms with Crippen LogP contribution in [0.3, 0.4) is 0 Å². The minimum atomic E-state index is -0.449. The second-order valence-corrected chi connectivity index (χ2v) is 5.41. The van der Waals surface area contributed by atoms with Gasteiger partial charge in [-0.25, -0.2) is 9.37 Å². The van der Waals surface area contributed by atoms with Crippen molar-refractivity contribution in [1.29, 1.82) is 0 Å². The third-order valence-corrected chi connectivity index (χ3v) is 4.06. The maximum Gasteiger partial charge on any atom is 0.142 e. The predicted molar refractivity (Wildman–Crippen MR) is 82.8 cm³/mol. The molecule has 3 nitrogen and oxygen atoms in total. The molecule has 0 aliphatic rings. The fourth-order valence-corrected chi connectivity index (χ4v) is 2.76. The van der Waals surface area contributed by atoms with E-state index in [0.29, 0.717) is 12.0 Å². The molecule has 0 aliphatic heterocycles. The molecule has 21 heavy (non-hydrogen) atoms. The summed E-state index contributed by atoms with van der Waals surface area (Å²) in [6.45, 7) is 0. The third-order valence-electron chi connectivity index (χ3n) is 3.66. The second kappa shape index (κ2) is 5.47. The minimum absolute atomic E-state index is 0.0868. The molecule has 0 radical (unpaired) electrons. The van der Waals surface area contributed by atoms with Gasteiger partial charge in [0.15, 0.2) is 0 Å². The Morgan fingerprint density at radius 3 is 2.76 bits per heavy atom. The Hall–Kier alpha value is -1.91. The van der Waals surface area contributed by atoms with E-state index in [0.717, 1.165) is 16.9 Å². The van der Waals surface area contributed by atoms with Crippen molar-refractivity contribution < 1.29 is 4.39 Å². The Kier molecular flexibility index (Phi) is 3.66. The third kappa shape index (κ3) is 2.52. The number of aromatic nitrogens is 2. The molecule has 1 heterocycles. The van der Waals surface area contributed by atoms with E-state index in [1.807, 2.05) is 35.9 Å². The molecular weight excluding hydrogens is 289 g/mol. The Morgan fingerprint density at radius 2 is 2.00 bits per heavy atom. The molecule has 1 aromatic heterocycles. The van der Waals surface area contributed by atoms with Crippen LogP contribution < -0.4 is 5.73 Å². The van der Waals surface area contributed by atoms with Crippen LogP contribution in [0.15, 0.2) is 42.5 Å². The molecule has 0 bridgehead atoms. The van der Waals surface area contributed by atoms with Crippen molar-refractivity contribution in [3.05, 3.63) is 64.7 Å². The number of aryl methyl sites for hydroxylation is 1. The lowest BCUT2D eigenvalue weighted by Crippen LogP contribution is -2.16. The van der Waals surface area contributed by atoms with Gasteiger partial charge in [0, 0.05) is 19.5 Å². The topological polar surface area (TPSA) is 43.8 Å². The van der Waals surface area contributed by atoms with Crippen LogP contribution in [0.2, 0.25) is 5.02 Å². The van der Waals surface area contributed by atoms with E-state index >= 15 is 0 Å². The highest BCUT2D eigenvalue weighted by Gasteiger charge is 2.17. The quantitative estimate of drug-likeness (QED) is 0.803. The number of nitrogens with zero attached hydrogens (tertiary/aromatic N) is 2. The van der Waals surface area contributed by atoms with Crippen LogP contribution in [0.4, 0.5) is 4.39 Å². The Morgan fingerprint density at radius 1 is 1.24 bits per heavy atom. The SMILES string of the molecule is Cn1c(CC(N)c2cccc(F)c2Cl)nc2ccccc21. The Balaban J connectivity index is 1.94. The monoisotopic (exact) mass is 303 g/mol. The maximum atomic E-state index is 13.5. The van der Waals surface area contributed by atoms with Crippen LogP contribution >= 0.6 is 11.6 Å². The normalized spacial score (nSPS) is 12.8. The van der Waals surface area contributed by atoms with E-state index < -0.39 is 11.9 Å². The maximum absolute atomic E-state index is 13.5. The van der Waals surface area contributed by atoms with Crippen molar-refractivity contribution in [2.45, 2.75) is 12.5 Å². The standard InChI is InChI=1S/C16H15ClFN3/c1-21-14-8-3-2-7-13(14)20-15(21)9-12(19)10-5-4-6-11(18)16(10)17/h2-8,12H,9,19H2,1H3. The van der Waals surface area contributed by atoms with Crippen molar-refractivity contribution in [3.63, 3.8) is 0 Å². The van der Waals surface area contributed by atoms with Crippen LogP contribution in [0.5, 0.6) is 0 Å². The van der Waals surface area contributed by atoms with Gasteiger partial charge in [0.1, 0.15) is 11.6 Å². The first-order valence-electron chi connectivity index (χ1n) is 6.67. The van der Waals surface area contributed by atoms with Crippen LogP contribution in [0.1, 0.15) is 17.4 Å². The van der Waals surface area contributed by atoms with E-state index in [1.165, 1.54) is 6.07 Å². The van der Waals surface area contributed by atoms with Crippen molar-refractivity contribution >= 4 is 22.6 Å². The van der Waals surface area contributed by atoms with E-state index in [2.05, 4.69) is 4.98 Å². The average Bonchev–Trinajstić information content (AvgIpc) is 2.79. The van der Waals surface area contributed by atoms with Crippen molar-refractivity contribution in [1.82, 2.24) is 9.55 Å². The summed E-state index contributed by atoms with van der Waals surface area (Å²) < 4.78 is 15.5. The molecule has 0 saturated heterocycles. The van der Waals surface area contributed by atoms with E-state index in [1.54, 1.807) is 12.1 Å². The first-order valence-corrected chi connectivity index (χ1v) is 7.05. The summed E-state index contributed by atoms with van der Waals surface area (Å²) in [6.07, 6.45) is 0.494. The number of hydrogen-bond donors (Lipinski definition) is 1. The van der Waals surface area contributed by atoms with E-state index in [4.69, 9.17) is 17.3 Å². The van der Waals surface area contributed by atoms with Crippen molar-refractivity contribution in [2.75, 3.05) is 0 Å². The van der Waals surface area contributed by atoms with Gasteiger partial charge in [-0.15, -0.1) is 0 Å². The molecule has 1 unspecified atom stereocenters. The molecule has 108 valence electrons. The highest BCUT2D eigenvalue weighted by Crippen LogP contribution is 2.27. The Labute approximate surface area is 127 Å². The zero-order chi connectivity index (χ0) is 15.0. The minimum Gasteiger partial charge on any atom is -0.331 e. The fraction of sp³-hybridized carbons (Fsp3) is 0.188. The Bertz CT molecular complexity index is 797. The van der Waals surface area contributed by atoms with Gasteiger partial charge in [0.2, 0.25) is 0 Å². The van der Waals surface area contributed by atoms with Gasteiger partial charge in [-0.05, 0) is 23.8 Å². The molecule has 0 fully saturated rings. The number of hydrogen-bond acceptors (Lipinski definition) is 2.